The molecule has 0 radical (unpaired) electrons. The van der Waals surface area contributed by atoms with Crippen LogP contribution >= 0.6 is 0 Å². The highest BCUT2D eigenvalue weighted by atomic mass is 19.4. The Bertz CT molecular complexity index is 143. The number of rotatable bonds is 6. The van der Waals surface area contributed by atoms with E-state index in [4.69, 9.17) is 0 Å². The second-order valence-electron chi connectivity index (χ2n) is 4.21. The molecule has 0 fully saturated rings. The van der Waals surface area contributed by atoms with Crippen LogP contribution in [-0.2, 0) is 0 Å². The first-order chi connectivity index (χ1) is 6.31. The molecule has 0 aromatic rings. The molecule has 1 unspecified atom stereocenters. The zero-order valence-electron chi connectivity index (χ0n) is 9.12. The average Bonchev–Trinajstić information content (AvgIpc) is 1.94. The zero-order chi connectivity index (χ0) is 11.2. The molecule has 0 saturated heterocycles. The summed E-state index contributed by atoms with van der Waals surface area (Å²) in [6.45, 7) is 6.47. The number of halogens is 3. The molecule has 86 valence electrons. The van der Waals surface area contributed by atoms with Gasteiger partial charge in [0.05, 0.1) is 6.42 Å². The molecule has 14 heavy (non-hydrogen) atoms. The fraction of sp³-hybridized carbons (Fsp3) is 1.00. The van der Waals surface area contributed by atoms with Crippen molar-refractivity contribution in [2.75, 3.05) is 6.54 Å². The van der Waals surface area contributed by atoms with Gasteiger partial charge < -0.3 is 5.32 Å². The van der Waals surface area contributed by atoms with Crippen LogP contribution in [-0.4, -0.2) is 18.8 Å². The number of alkyl halides is 3. The minimum Gasteiger partial charge on any atom is -0.314 e. The maximum atomic E-state index is 11.9. The van der Waals surface area contributed by atoms with Crippen molar-refractivity contribution in [1.29, 1.82) is 0 Å². The van der Waals surface area contributed by atoms with Crippen molar-refractivity contribution in [3.05, 3.63) is 0 Å². The number of nitrogens with one attached hydrogen (secondary N) is 1. The summed E-state index contributed by atoms with van der Waals surface area (Å²) in [6.07, 6.45) is -2.79. The van der Waals surface area contributed by atoms with Crippen LogP contribution in [0.2, 0.25) is 0 Å². The topological polar surface area (TPSA) is 12.0 Å². The van der Waals surface area contributed by atoms with Crippen molar-refractivity contribution < 1.29 is 13.2 Å². The van der Waals surface area contributed by atoms with Crippen molar-refractivity contribution in [2.24, 2.45) is 5.92 Å². The third kappa shape index (κ3) is 9.84. The van der Waals surface area contributed by atoms with Gasteiger partial charge in [0, 0.05) is 6.04 Å². The summed E-state index contributed by atoms with van der Waals surface area (Å²) in [5.41, 5.74) is 0. The lowest BCUT2D eigenvalue weighted by Crippen LogP contribution is -2.31. The van der Waals surface area contributed by atoms with Crippen molar-refractivity contribution in [3.63, 3.8) is 0 Å². The van der Waals surface area contributed by atoms with E-state index in [1.165, 1.54) is 0 Å². The van der Waals surface area contributed by atoms with Crippen LogP contribution in [0.5, 0.6) is 0 Å². The summed E-state index contributed by atoms with van der Waals surface area (Å²) < 4.78 is 35.7. The molecule has 0 aliphatic heterocycles. The zero-order valence-corrected chi connectivity index (χ0v) is 9.12. The fourth-order valence-electron chi connectivity index (χ4n) is 1.28. The minimum absolute atomic E-state index is 0.470. The van der Waals surface area contributed by atoms with Gasteiger partial charge in [0.1, 0.15) is 0 Å². The largest absolute Gasteiger partial charge is 0.390 e. The number of hydrogen-bond acceptors (Lipinski definition) is 1. The highest BCUT2D eigenvalue weighted by Crippen LogP contribution is 2.21. The van der Waals surface area contributed by atoms with E-state index in [2.05, 4.69) is 19.2 Å². The van der Waals surface area contributed by atoms with Gasteiger partial charge in [-0.1, -0.05) is 13.8 Å². The lowest BCUT2D eigenvalue weighted by Gasteiger charge is -2.15. The van der Waals surface area contributed by atoms with Gasteiger partial charge in [-0.15, -0.1) is 0 Å². The van der Waals surface area contributed by atoms with Crippen molar-refractivity contribution in [3.8, 4) is 0 Å². The van der Waals surface area contributed by atoms with Crippen molar-refractivity contribution in [1.82, 2.24) is 5.32 Å². The van der Waals surface area contributed by atoms with E-state index in [0.717, 1.165) is 12.8 Å². The van der Waals surface area contributed by atoms with Gasteiger partial charge in [-0.05, 0) is 32.2 Å². The van der Waals surface area contributed by atoms with E-state index in [1.807, 2.05) is 0 Å². The van der Waals surface area contributed by atoms with Gasteiger partial charge in [0.25, 0.3) is 0 Å². The molecule has 1 nitrogen and oxygen atoms in total. The first kappa shape index (κ1) is 13.8. The Labute approximate surface area is 84.1 Å². The van der Waals surface area contributed by atoms with Crippen LogP contribution < -0.4 is 5.32 Å². The Hall–Kier alpha value is -0.250. The van der Waals surface area contributed by atoms with E-state index < -0.39 is 18.6 Å². The second-order valence-corrected chi connectivity index (χ2v) is 4.21. The molecular formula is C10H20F3N. The van der Waals surface area contributed by atoms with E-state index in [1.54, 1.807) is 6.92 Å². The standard InChI is InChI=1S/C10H20F3N/c1-8(2)5-4-6-14-9(3)7-10(11,12)13/h8-9,14H,4-7H2,1-3H3. The molecule has 0 aliphatic rings. The molecule has 1 N–H and O–H groups in total. The highest BCUT2D eigenvalue weighted by Gasteiger charge is 2.29. The minimum atomic E-state index is -4.05. The van der Waals surface area contributed by atoms with E-state index >= 15 is 0 Å². The predicted molar refractivity (Wildman–Crippen MR) is 52.2 cm³/mol. The number of hydrogen-bond donors (Lipinski definition) is 1. The monoisotopic (exact) mass is 211 g/mol. The van der Waals surface area contributed by atoms with Crippen LogP contribution in [0, 0.1) is 5.92 Å². The summed E-state index contributed by atoms with van der Waals surface area (Å²) in [6, 6.07) is -0.470. The van der Waals surface area contributed by atoms with Crippen molar-refractivity contribution in [2.45, 2.75) is 52.3 Å². The highest BCUT2D eigenvalue weighted by molar-refractivity contribution is 4.65. The quantitative estimate of drug-likeness (QED) is 0.664. The summed E-state index contributed by atoms with van der Waals surface area (Å²) in [7, 11) is 0. The summed E-state index contributed by atoms with van der Waals surface area (Å²) >= 11 is 0. The van der Waals surface area contributed by atoms with E-state index in [-0.39, 0.29) is 0 Å². The molecule has 0 amide bonds. The summed E-state index contributed by atoms with van der Waals surface area (Å²) in [4.78, 5) is 0. The van der Waals surface area contributed by atoms with Gasteiger partial charge in [0.15, 0.2) is 0 Å². The van der Waals surface area contributed by atoms with Crippen molar-refractivity contribution >= 4 is 0 Å². The van der Waals surface area contributed by atoms with Crippen LogP contribution in [0.25, 0.3) is 0 Å². The summed E-state index contributed by atoms with van der Waals surface area (Å²) in [5.74, 6) is 0.620. The normalized spacial score (nSPS) is 14.8. The van der Waals surface area contributed by atoms with E-state index in [0.29, 0.717) is 12.5 Å². The third-order valence-corrected chi connectivity index (χ3v) is 1.99. The van der Waals surface area contributed by atoms with Crippen LogP contribution in [0.1, 0.15) is 40.0 Å². The lowest BCUT2D eigenvalue weighted by molar-refractivity contribution is -0.139. The Morgan fingerprint density at radius 1 is 1.14 bits per heavy atom. The molecule has 4 heteroatoms. The lowest BCUT2D eigenvalue weighted by atomic mass is 10.1. The molecule has 0 rings (SSSR count). The maximum absolute atomic E-state index is 11.9. The Balaban J connectivity index is 3.40. The molecule has 0 saturated carbocycles. The summed E-state index contributed by atoms with van der Waals surface area (Å²) in [5, 5.41) is 2.87. The molecule has 1 atom stereocenters. The average molecular weight is 211 g/mol. The van der Waals surface area contributed by atoms with Gasteiger partial charge in [0.2, 0.25) is 0 Å². The van der Waals surface area contributed by atoms with Gasteiger partial charge in [-0.25, -0.2) is 0 Å². The Kier molecular flexibility index (Phi) is 6.16. The predicted octanol–water partition coefficient (Wildman–Crippen LogP) is 3.35. The molecule has 0 heterocycles. The maximum Gasteiger partial charge on any atom is 0.390 e. The first-order valence-electron chi connectivity index (χ1n) is 5.11. The van der Waals surface area contributed by atoms with Gasteiger partial charge in [-0.2, -0.15) is 13.2 Å². The molecular weight excluding hydrogens is 191 g/mol. The van der Waals surface area contributed by atoms with Gasteiger partial charge >= 0.3 is 6.18 Å². The smallest absolute Gasteiger partial charge is 0.314 e. The van der Waals surface area contributed by atoms with Crippen LogP contribution in [0.15, 0.2) is 0 Å². The molecule has 0 aromatic heterocycles. The van der Waals surface area contributed by atoms with Crippen LogP contribution in [0.3, 0.4) is 0 Å². The van der Waals surface area contributed by atoms with Crippen LogP contribution in [0.4, 0.5) is 13.2 Å². The third-order valence-electron chi connectivity index (χ3n) is 1.99. The second kappa shape index (κ2) is 6.27. The first-order valence-corrected chi connectivity index (χ1v) is 5.11. The van der Waals surface area contributed by atoms with E-state index in [9.17, 15) is 13.2 Å². The molecule has 0 aliphatic carbocycles. The van der Waals surface area contributed by atoms with Gasteiger partial charge in [-0.3, -0.25) is 0 Å². The molecule has 0 spiro atoms. The Morgan fingerprint density at radius 3 is 2.14 bits per heavy atom. The molecule has 0 bridgehead atoms. The SMILES string of the molecule is CC(C)CCCNC(C)CC(F)(F)F. The fourth-order valence-corrected chi connectivity index (χ4v) is 1.28. The Morgan fingerprint density at radius 2 is 1.71 bits per heavy atom. The molecule has 0 aromatic carbocycles.